The van der Waals surface area contributed by atoms with Crippen molar-refractivity contribution in [1.29, 1.82) is 0 Å². The van der Waals surface area contributed by atoms with E-state index in [9.17, 15) is 18.3 Å². The van der Waals surface area contributed by atoms with Crippen molar-refractivity contribution < 1.29 is 18.3 Å². The lowest BCUT2D eigenvalue weighted by Gasteiger charge is -2.25. The summed E-state index contributed by atoms with van der Waals surface area (Å²) in [4.78, 5) is 3.41. The van der Waals surface area contributed by atoms with Gasteiger partial charge in [0.1, 0.15) is 11.4 Å². The molecule has 0 saturated carbocycles. The first-order valence-electron chi connectivity index (χ1n) is 8.83. The lowest BCUT2D eigenvalue weighted by atomic mass is 9.83. The molecule has 0 fully saturated rings. The molecule has 148 valence electrons. The minimum atomic E-state index is -4.54. The summed E-state index contributed by atoms with van der Waals surface area (Å²) in [5, 5.41) is 14.1. The molecular weight excluding hydrogens is 353 g/mol. The molecule has 0 radical (unpaired) electrons. The van der Waals surface area contributed by atoms with Gasteiger partial charge in [0.15, 0.2) is 0 Å². The maximum atomic E-state index is 13.0. The van der Waals surface area contributed by atoms with Gasteiger partial charge in [-0.15, -0.1) is 0 Å². The van der Waals surface area contributed by atoms with E-state index in [4.69, 9.17) is 0 Å². The molecule has 0 spiro atoms. The highest BCUT2D eigenvalue weighted by molar-refractivity contribution is 5.73. The van der Waals surface area contributed by atoms with Gasteiger partial charge in [0.25, 0.3) is 0 Å². The zero-order valence-corrected chi connectivity index (χ0v) is 16.6. The van der Waals surface area contributed by atoms with Crippen LogP contribution in [0.5, 0.6) is 5.75 Å². The molecule has 3 nitrogen and oxygen atoms in total. The number of nitrogens with one attached hydrogen (secondary N) is 1. The molecule has 0 amide bonds. The van der Waals surface area contributed by atoms with Crippen molar-refractivity contribution in [1.82, 2.24) is 10.3 Å². The second-order valence-electron chi connectivity index (χ2n) is 8.81. The van der Waals surface area contributed by atoms with Crippen LogP contribution < -0.4 is 5.32 Å². The minimum Gasteiger partial charge on any atom is -0.507 e. The molecule has 0 aliphatic carbocycles. The third-order valence-corrected chi connectivity index (χ3v) is 4.23. The molecule has 1 aromatic heterocycles. The summed E-state index contributed by atoms with van der Waals surface area (Å²) in [6.07, 6.45) is -3.42. The maximum Gasteiger partial charge on any atom is 0.433 e. The average molecular weight is 380 g/mol. The van der Waals surface area contributed by atoms with Crippen molar-refractivity contribution in [3.8, 4) is 16.9 Å². The van der Waals surface area contributed by atoms with Crippen LogP contribution in [0.15, 0.2) is 30.5 Å². The fraction of sp³-hybridized carbons (Fsp3) is 0.476. The number of aromatic hydroxyl groups is 1. The number of alkyl halides is 3. The number of pyridine rings is 1. The van der Waals surface area contributed by atoms with Crippen molar-refractivity contribution in [3.05, 3.63) is 47.3 Å². The molecule has 1 heterocycles. The fourth-order valence-corrected chi connectivity index (χ4v) is 2.60. The van der Waals surface area contributed by atoms with Gasteiger partial charge >= 0.3 is 6.18 Å². The number of phenols is 1. The topological polar surface area (TPSA) is 45.2 Å². The summed E-state index contributed by atoms with van der Waals surface area (Å²) in [5.74, 6) is -0.0147. The Morgan fingerprint density at radius 3 is 2.15 bits per heavy atom. The van der Waals surface area contributed by atoms with Gasteiger partial charge in [-0.2, -0.15) is 13.2 Å². The Kier molecular flexibility index (Phi) is 5.62. The largest absolute Gasteiger partial charge is 0.507 e. The first kappa shape index (κ1) is 21.2. The summed E-state index contributed by atoms with van der Waals surface area (Å²) in [7, 11) is 0. The second kappa shape index (κ2) is 7.15. The van der Waals surface area contributed by atoms with E-state index in [2.05, 4.69) is 10.3 Å². The van der Waals surface area contributed by atoms with Crippen LogP contribution in [0.1, 0.15) is 58.4 Å². The highest BCUT2D eigenvalue weighted by Gasteiger charge is 2.33. The maximum absolute atomic E-state index is 13.0. The number of rotatable bonds is 3. The standard InChI is InChI=1S/C21H27F3N2O/c1-19(2,3)15-9-14(12-26-20(4,5)6)18(27)16(11-15)13-7-8-25-17(10-13)21(22,23)24/h7-11,26-27H,12H2,1-6H3. The first-order valence-corrected chi connectivity index (χ1v) is 8.83. The van der Waals surface area contributed by atoms with Gasteiger partial charge in [0.05, 0.1) is 0 Å². The highest BCUT2D eigenvalue weighted by atomic mass is 19.4. The zero-order valence-electron chi connectivity index (χ0n) is 16.6. The Balaban J connectivity index is 2.62. The van der Waals surface area contributed by atoms with Crippen LogP contribution in [0, 0.1) is 0 Å². The molecule has 2 N–H and O–H groups in total. The molecule has 6 heteroatoms. The Morgan fingerprint density at radius 1 is 1.00 bits per heavy atom. The smallest absolute Gasteiger partial charge is 0.433 e. The molecule has 27 heavy (non-hydrogen) atoms. The molecular formula is C21H27F3N2O. The SMILES string of the molecule is CC(C)(C)NCc1cc(C(C)(C)C)cc(-c2ccnc(C(F)(F)F)c2)c1O. The summed E-state index contributed by atoms with van der Waals surface area (Å²) >= 11 is 0. The molecule has 0 unspecified atom stereocenters. The Hall–Kier alpha value is -2.08. The second-order valence-corrected chi connectivity index (χ2v) is 8.81. The van der Waals surface area contributed by atoms with Crippen molar-refractivity contribution >= 4 is 0 Å². The van der Waals surface area contributed by atoms with Crippen LogP contribution in [0.3, 0.4) is 0 Å². The number of halogens is 3. The first-order chi connectivity index (χ1) is 12.2. The van der Waals surface area contributed by atoms with Crippen LogP contribution in [-0.2, 0) is 18.1 Å². The van der Waals surface area contributed by atoms with E-state index in [-0.39, 0.29) is 22.3 Å². The lowest BCUT2D eigenvalue weighted by molar-refractivity contribution is -0.141. The molecule has 2 rings (SSSR count). The molecule has 0 aliphatic rings. The van der Waals surface area contributed by atoms with Gasteiger partial charge in [-0.3, -0.25) is 4.98 Å². The molecule has 0 saturated heterocycles. The number of benzene rings is 1. The van der Waals surface area contributed by atoms with Gasteiger partial charge in [-0.25, -0.2) is 0 Å². The summed E-state index contributed by atoms with van der Waals surface area (Å²) in [6, 6.07) is 6.12. The highest BCUT2D eigenvalue weighted by Crippen LogP contribution is 2.39. The van der Waals surface area contributed by atoms with Crippen LogP contribution in [0.4, 0.5) is 13.2 Å². The van der Waals surface area contributed by atoms with Crippen LogP contribution in [-0.4, -0.2) is 15.6 Å². The molecule has 2 aromatic rings. The predicted octanol–water partition coefficient (Wildman–Crippen LogP) is 5.66. The molecule has 1 aromatic carbocycles. The Bertz CT molecular complexity index is 816. The van der Waals surface area contributed by atoms with Gasteiger partial charge in [-0.05, 0) is 55.5 Å². The molecule has 0 atom stereocenters. The number of phenolic OH excluding ortho intramolecular Hbond substituents is 1. The van der Waals surface area contributed by atoms with Gasteiger partial charge in [0.2, 0.25) is 0 Å². The number of aromatic nitrogens is 1. The number of hydrogen-bond acceptors (Lipinski definition) is 3. The molecule has 0 bridgehead atoms. The summed E-state index contributed by atoms with van der Waals surface area (Å²) < 4.78 is 39.1. The van der Waals surface area contributed by atoms with E-state index in [1.807, 2.05) is 47.6 Å². The Morgan fingerprint density at radius 2 is 1.63 bits per heavy atom. The zero-order chi connectivity index (χ0) is 20.6. The van der Waals surface area contributed by atoms with Gasteiger partial charge in [0, 0.05) is 29.4 Å². The van der Waals surface area contributed by atoms with Crippen LogP contribution in [0.25, 0.3) is 11.1 Å². The van der Waals surface area contributed by atoms with Crippen LogP contribution >= 0.6 is 0 Å². The van der Waals surface area contributed by atoms with Crippen molar-refractivity contribution in [2.45, 2.75) is 65.2 Å². The van der Waals surface area contributed by atoms with Gasteiger partial charge in [-0.1, -0.05) is 26.8 Å². The van der Waals surface area contributed by atoms with Gasteiger partial charge < -0.3 is 10.4 Å². The fourth-order valence-electron chi connectivity index (χ4n) is 2.60. The van der Waals surface area contributed by atoms with Crippen molar-refractivity contribution in [3.63, 3.8) is 0 Å². The summed E-state index contributed by atoms with van der Waals surface area (Å²) in [5.41, 5.74) is 0.890. The van der Waals surface area contributed by atoms with Crippen molar-refractivity contribution in [2.24, 2.45) is 0 Å². The normalized spacial score (nSPS) is 13.1. The monoisotopic (exact) mass is 380 g/mol. The third-order valence-electron chi connectivity index (χ3n) is 4.23. The van der Waals surface area contributed by atoms with Crippen molar-refractivity contribution in [2.75, 3.05) is 0 Å². The van der Waals surface area contributed by atoms with E-state index in [0.29, 0.717) is 17.7 Å². The van der Waals surface area contributed by atoms with E-state index < -0.39 is 11.9 Å². The van der Waals surface area contributed by atoms with E-state index in [1.54, 1.807) is 6.07 Å². The quantitative estimate of drug-likeness (QED) is 0.722. The predicted molar refractivity (Wildman–Crippen MR) is 102 cm³/mol. The average Bonchev–Trinajstić information content (AvgIpc) is 2.51. The van der Waals surface area contributed by atoms with E-state index >= 15 is 0 Å². The van der Waals surface area contributed by atoms with E-state index in [0.717, 1.165) is 17.8 Å². The number of hydrogen-bond donors (Lipinski definition) is 2. The van der Waals surface area contributed by atoms with Crippen LogP contribution in [0.2, 0.25) is 0 Å². The Labute approximate surface area is 158 Å². The third kappa shape index (κ3) is 5.45. The number of nitrogens with zero attached hydrogens (tertiary/aromatic N) is 1. The molecule has 0 aliphatic heterocycles. The lowest BCUT2D eigenvalue weighted by Crippen LogP contribution is -2.35. The summed E-state index contributed by atoms with van der Waals surface area (Å²) in [6.45, 7) is 12.5. The minimum absolute atomic E-state index is 0.0147. The van der Waals surface area contributed by atoms with E-state index in [1.165, 1.54) is 6.07 Å².